The van der Waals surface area contributed by atoms with Crippen LogP contribution in [-0.4, -0.2) is 69.9 Å². The van der Waals surface area contributed by atoms with Crippen LogP contribution < -0.4 is 10.6 Å². The van der Waals surface area contributed by atoms with Gasteiger partial charge < -0.3 is 31.1 Å². The molecule has 1 saturated carbocycles. The Labute approximate surface area is 200 Å². The van der Waals surface area contributed by atoms with Gasteiger partial charge in [0.25, 0.3) is 0 Å². The van der Waals surface area contributed by atoms with Gasteiger partial charge in [0, 0.05) is 25.2 Å². The third-order valence-corrected chi connectivity index (χ3v) is 8.21. The van der Waals surface area contributed by atoms with Gasteiger partial charge in [-0.1, -0.05) is 32.6 Å². The Morgan fingerprint density at radius 3 is 2.48 bits per heavy atom. The lowest BCUT2D eigenvalue weighted by Crippen LogP contribution is -2.52. The molecule has 1 aliphatic carbocycles. The summed E-state index contributed by atoms with van der Waals surface area (Å²) in [6, 6.07) is 0.675. The summed E-state index contributed by atoms with van der Waals surface area (Å²) in [6.07, 6.45) is 11.8. The molecule has 2 rings (SSSR count). The standard InChI is InChI=1S/C26H50N2O5/c1-3-27-18-26(33,17-25(31)32)14-6-4-5-8-20-10-11-22(16-21(20)9-7-15-29)23-12-13-24(30)19(2)28-23/h19-24,27-30,33H,3-18H2,1-2H3,(H,31,32). The highest BCUT2D eigenvalue weighted by atomic mass is 16.4. The second-order valence-electron chi connectivity index (χ2n) is 10.8. The fraction of sp³-hybridized carbons (Fsp3) is 0.962. The number of carboxylic acids is 1. The molecule has 2 aliphatic rings. The Balaban J connectivity index is 1.78. The van der Waals surface area contributed by atoms with Crippen molar-refractivity contribution in [2.75, 3.05) is 19.7 Å². The van der Waals surface area contributed by atoms with Crippen LogP contribution in [0.25, 0.3) is 0 Å². The van der Waals surface area contributed by atoms with E-state index in [0.717, 1.165) is 51.5 Å². The van der Waals surface area contributed by atoms with Crippen molar-refractivity contribution in [2.24, 2.45) is 17.8 Å². The van der Waals surface area contributed by atoms with Crippen LogP contribution in [0.1, 0.15) is 97.3 Å². The van der Waals surface area contributed by atoms with Crippen LogP contribution in [0.4, 0.5) is 0 Å². The van der Waals surface area contributed by atoms with Crippen LogP contribution in [0, 0.1) is 17.8 Å². The molecule has 0 aromatic rings. The summed E-state index contributed by atoms with van der Waals surface area (Å²) in [7, 11) is 0. The van der Waals surface area contributed by atoms with Gasteiger partial charge in [0.2, 0.25) is 0 Å². The summed E-state index contributed by atoms with van der Waals surface area (Å²) in [5.74, 6) is 1.06. The minimum atomic E-state index is -1.17. The van der Waals surface area contributed by atoms with Crippen LogP contribution >= 0.6 is 0 Å². The predicted octanol–water partition coefficient (Wildman–Crippen LogP) is 3.06. The molecule has 1 saturated heterocycles. The fourth-order valence-corrected chi connectivity index (χ4v) is 6.24. The van der Waals surface area contributed by atoms with E-state index in [-0.39, 0.29) is 25.2 Å². The van der Waals surface area contributed by atoms with E-state index in [2.05, 4.69) is 17.6 Å². The number of aliphatic hydroxyl groups excluding tert-OH is 2. The van der Waals surface area contributed by atoms with Gasteiger partial charge in [-0.3, -0.25) is 4.79 Å². The smallest absolute Gasteiger partial charge is 0.306 e. The molecule has 0 aromatic heterocycles. The largest absolute Gasteiger partial charge is 0.481 e. The van der Waals surface area contributed by atoms with E-state index in [0.29, 0.717) is 36.8 Å². The number of rotatable bonds is 15. The normalized spacial score (nSPS) is 32.4. The Kier molecular flexibility index (Phi) is 12.6. The minimum absolute atomic E-state index is 0.171. The van der Waals surface area contributed by atoms with Crippen LogP contribution in [0.5, 0.6) is 0 Å². The second-order valence-corrected chi connectivity index (χ2v) is 10.8. The highest BCUT2D eigenvalue weighted by molar-refractivity contribution is 5.68. The van der Waals surface area contributed by atoms with Crippen LogP contribution in [0.3, 0.4) is 0 Å². The van der Waals surface area contributed by atoms with E-state index >= 15 is 0 Å². The van der Waals surface area contributed by atoms with Gasteiger partial charge in [0.1, 0.15) is 0 Å². The van der Waals surface area contributed by atoms with E-state index in [1.165, 1.54) is 25.7 Å². The molecule has 194 valence electrons. The van der Waals surface area contributed by atoms with Crippen LogP contribution in [-0.2, 0) is 4.79 Å². The van der Waals surface area contributed by atoms with Crippen molar-refractivity contribution >= 4 is 5.97 Å². The molecule has 33 heavy (non-hydrogen) atoms. The molecule has 7 nitrogen and oxygen atoms in total. The number of likely N-dealkylation sites (N-methyl/N-ethyl adjacent to an activating group) is 1. The second kappa shape index (κ2) is 14.6. The summed E-state index contributed by atoms with van der Waals surface area (Å²) < 4.78 is 0. The monoisotopic (exact) mass is 470 g/mol. The van der Waals surface area contributed by atoms with Gasteiger partial charge in [0.05, 0.1) is 18.1 Å². The Hall–Kier alpha value is -0.730. The zero-order valence-electron chi connectivity index (χ0n) is 21.0. The van der Waals surface area contributed by atoms with Gasteiger partial charge in [-0.25, -0.2) is 0 Å². The SMILES string of the molecule is CCNCC(O)(CCCCCC1CCC(C2CCC(O)C(C)N2)CC1CCCO)CC(=O)O. The topological polar surface area (TPSA) is 122 Å². The molecule has 0 amide bonds. The molecule has 0 aromatic carbocycles. The third kappa shape index (κ3) is 9.81. The zero-order chi connectivity index (χ0) is 24.3. The van der Waals surface area contributed by atoms with E-state index in [1.807, 2.05) is 6.92 Å². The molecule has 0 radical (unpaired) electrons. The lowest BCUT2D eigenvalue weighted by molar-refractivity contribution is -0.142. The van der Waals surface area contributed by atoms with Crippen molar-refractivity contribution in [1.29, 1.82) is 0 Å². The Bertz CT molecular complexity index is 563. The number of nitrogens with one attached hydrogen (secondary N) is 2. The van der Waals surface area contributed by atoms with Gasteiger partial charge in [-0.15, -0.1) is 0 Å². The summed E-state index contributed by atoms with van der Waals surface area (Å²) in [6.45, 7) is 5.34. The summed E-state index contributed by atoms with van der Waals surface area (Å²) >= 11 is 0. The lowest BCUT2D eigenvalue weighted by atomic mass is 9.67. The van der Waals surface area contributed by atoms with E-state index in [1.54, 1.807) is 0 Å². The van der Waals surface area contributed by atoms with Crippen molar-refractivity contribution in [2.45, 2.75) is 121 Å². The molecule has 6 N–H and O–H groups in total. The van der Waals surface area contributed by atoms with Gasteiger partial charge in [0.15, 0.2) is 0 Å². The molecule has 0 bridgehead atoms. The predicted molar refractivity (Wildman–Crippen MR) is 131 cm³/mol. The first-order valence-electron chi connectivity index (χ1n) is 13.5. The first-order valence-corrected chi connectivity index (χ1v) is 13.5. The average Bonchev–Trinajstić information content (AvgIpc) is 2.78. The molecule has 1 heterocycles. The number of carbonyl (C=O) groups is 1. The van der Waals surface area contributed by atoms with E-state index < -0.39 is 11.6 Å². The van der Waals surface area contributed by atoms with Crippen LogP contribution in [0.15, 0.2) is 0 Å². The summed E-state index contributed by atoms with van der Waals surface area (Å²) in [4.78, 5) is 11.1. The molecule has 1 aliphatic heterocycles. The fourth-order valence-electron chi connectivity index (χ4n) is 6.24. The Morgan fingerprint density at radius 1 is 1.06 bits per heavy atom. The first-order chi connectivity index (χ1) is 15.8. The maximum absolute atomic E-state index is 11.1. The van der Waals surface area contributed by atoms with Gasteiger partial charge in [-0.05, 0) is 82.6 Å². The lowest BCUT2D eigenvalue weighted by Gasteiger charge is -2.43. The molecular weight excluding hydrogens is 420 g/mol. The molecule has 7 unspecified atom stereocenters. The molecular formula is C26H50N2O5. The number of unbranched alkanes of at least 4 members (excludes halogenated alkanes) is 2. The highest BCUT2D eigenvalue weighted by Crippen LogP contribution is 2.42. The van der Waals surface area contributed by atoms with Crippen molar-refractivity contribution in [3.8, 4) is 0 Å². The van der Waals surface area contributed by atoms with Crippen molar-refractivity contribution in [3.05, 3.63) is 0 Å². The number of carboxylic acid groups (broad SMARTS) is 1. The number of aliphatic carboxylic acids is 1. The molecule has 0 spiro atoms. The van der Waals surface area contributed by atoms with Crippen molar-refractivity contribution in [3.63, 3.8) is 0 Å². The number of hydrogen-bond acceptors (Lipinski definition) is 6. The number of aliphatic hydroxyl groups is 3. The van der Waals surface area contributed by atoms with Crippen LogP contribution in [0.2, 0.25) is 0 Å². The summed E-state index contributed by atoms with van der Waals surface area (Å²) in [5, 5.41) is 46.0. The van der Waals surface area contributed by atoms with Gasteiger partial charge >= 0.3 is 5.97 Å². The maximum atomic E-state index is 11.1. The van der Waals surface area contributed by atoms with Crippen molar-refractivity contribution in [1.82, 2.24) is 10.6 Å². The maximum Gasteiger partial charge on any atom is 0.306 e. The molecule has 7 atom stereocenters. The summed E-state index contributed by atoms with van der Waals surface area (Å²) in [5.41, 5.74) is -1.17. The molecule has 7 heteroatoms. The molecule has 2 fully saturated rings. The average molecular weight is 471 g/mol. The van der Waals surface area contributed by atoms with E-state index in [4.69, 9.17) is 5.11 Å². The quantitative estimate of drug-likeness (QED) is 0.203. The third-order valence-electron chi connectivity index (χ3n) is 8.21. The Morgan fingerprint density at radius 2 is 1.82 bits per heavy atom. The van der Waals surface area contributed by atoms with Gasteiger partial charge in [-0.2, -0.15) is 0 Å². The zero-order valence-corrected chi connectivity index (χ0v) is 21.0. The number of hydrogen-bond donors (Lipinski definition) is 6. The minimum Gasteiger partial charge on any atom is -0.481 e. The van der Waals surface area contributed by atoms with Crippen molar-refractivity contribution < 1.29 is 25.2 Å². The number of piperidine rings is 1. The first kappa shape index (κ1) is 28.5. The highest BCUT2D eigenvalue weighted by Gasteiger charge is 2.36. The van der Waals surface area contributed by atoms with E-state index in [9.17, 15) is 20.1 Å².